The van der Waals surface area contributed by atoms with E-state index in [0.717, 1.165) is 12.2 Å². The minimum absolute atomic E-state index is 0.157. The molecule has 0 radical (unpaired) electrons. The van der Waals surface area contributed by atoms with Crippen LogP contribution in [0.1, 0.15) is 19.4 Å². The first-order valence-electron chi connectivity index (χ1n) is 6.37. The van der Waals surface area contributed by atoms with Crippen molar-refractivity contribution < 1.29 is 0 Å². The van der Waals surface area contributed by atoms with Gasteiger partial charge in [-0.25, -0.2) is 5.10 Å². The summed E-state index contributed by atoms with van der Waals surface area (Å²) in [6.07, 6.45) is 1.71. The highest BCUT2D eigenvalue weighted by Gasteiger charge is 2.06. The summed E-state index contributed by atoms with van der Waals surface area (Å²) >= 11 is 0. The molecule has 2 aromatic heterocycles. The van der Waals surface area contributed by atoms with E-state index in [1.54, 1.807) is 12.3 Å². The van der Waals surface area contributed by atoms with Gasteiger partial charge in [0.2, 0.25) is 0 Å². The third-order valence-corrected chi connectivity index (χ3v) is 2.68. The van der Waals surface area contributed by atoms with E-state index in [2.05, 4.69) is 34.3 Å². The van der Waals surface area contributed by atoms with Gasteiger partial charge in [0.1, 0.15) is 5.69 Å². The highest BCUT2D eigenvalue weighted by molar-refractivity contribution is 5.53. The minimum Gasteiger partial charge on any atom is -0.312 e. The number of hydrogen-bond acceptors (Lipinski definition) is 4. The first-order valence-corrected chi connectivity index (χ1v) is 6.37. The van der Waals surface area contributed by atoms with Gasteiger partial charge in [-0.3, -0.25) is 9.78 Å². The molecule has 2 heterocycles. The van der Waals surface area contributed by atoms with Crippen molar-refractivity contribution >= 4 is 0 Å². The van der Waals surface area contributed by atoms with Crippen molar-refractivity contribution in [2.24, 2.45) is 5.92 Å². The summed E-state index contributed by atoms with van der Waals surface area (Å²) in [7, 11) is 0. The fraction of sp³-hybridized carbons (Fsp3) is 0.357. The van der Waals surface area contributed by atoms with Crippen LogP contribution in [0.3, 0.4) is 0 Å². The molecular weight excluding hydrogens is 240 g/mol. The topological polar surface area (TPSA) is 70.7 Å². The highest BCUT2D eigenvalue weighted by Crippen LogP contribution is 2.11. The van der Waals surface area contributed by atoms with Crippen LogP contribution in [-0.4, -0.2) is 21.7 Å². The second-order valence-corrected chi connectivity index (χ2v) is 4.85. The Balaban J connectivity index is 2.18. The Hall–Kier alpha value is -2.01. The van der Waals surface area contributed by atoms with Gasteiger partial charge >= 0.3 is 0 Å². The highest BCUT2D eigenvalue weighted by atomic mass is 16.1. The standard InChI is InChI=1S/C14H18N4O/c1-10(2)8-15-9-11-7-13(17-18-14(11)19)12-5-3-4-6-16-12/h3-7,10,15H,8-9H2,1-2H3,(H,18,19). The average Bonchev–Trinajstić information content (AvgIpc) is 2.41. The van der Waals surface area contributed by atoms with E-state index >= 15 is 0 Å². The number of hydrogen-bond donors (Lipinski definition) is 2. The Morgan fingerprint density at radius 1 is 1.32 bits per heavy atom. The van der Waals surface area contributed by atoms with E-state index in [1.807, 2.05) is 18.2 Å². The molecule has 0 aromatic carbocycles. The van der Waals surface area contributed by atoms with Gasteiger partial charge in [-0.2, -0.15) is 5.10 Å². The molecule has 2 aromatic rings. The number of H-pyrrole nitrogens is 1. The van der Waals surface area contributed by atoms with Crippen LogP contribution in [0.25, 0.3) is 11.4 Å². The predicted octanol–water partition coefficient (Wildman–Crippen LogP) is 1.58. The molecule has 0 aliphatic carbocycles. The average molecular weight is 258 g/mol. The van der Waals surface area contributed by atoms with Gasteiger partial charge in [-0.15, -0.1) is 0 Å². The van der Waals surface area contributed by atoms with Gasteiger partial charge in [-0.05, 0) is 30.7 Å². The lowest BCUT2D eigenvalue weighted by Gasteiger charge is -2.07. The van der Waals surface area contributed by atoms with Crippen molar-refractivity contribution in [2.45, 2.75) is 20.4 Å². The van der Waals surface area contributed by atoms with Gasteiger partial charge in [-0.1, -0.05) is 19.9 Å². The van der Waals surface area contributed by atoms with Crippen molar-refractivity contribution in [3.8, 4) is 11.4 Å². The van der Waals surface area contributed by atoms with Crippen LogP contribution in [0.4, 0.5) is 0 Å². The van der Waals surface area contributed by atoms with Gasteiger partial charge in [0.05, 0.1) is 5.69 Å². The molecule has 100 valence electrons. The third-order valence-electron chi connectivity index (χ3n) is 2.68. The zero-order valence-electron chi connectivity index (χ0n) is 11.2. The largest absolute Gasteiger partial charge is 0.312 e. The van der Waals surface area contributed by atoms with Crippen molar-refractivity contribution in [2.75, 3.05) is 6.54 Å². The van der Waals surface area contributed by atoms with Crippen LogP contribution in [-0.2, 0) is 6.54 Å². The van der Waals surface area contributed by atoms with Crippen molar-refractivity contribution in [3.05, 3.63) is 46.4 Å². The lowest BCUT2D eigenvalue weighted by atomic mass is 10.2. The van der Waals surface area contributed by atoms with Crippen LogP contribution in [0.5, 0.6) is 0 Å². The Morgan fingerprint density at radius 2 is 2.16 bits per heavy atom. The van der Waals surface area contributed by atoms with E-state index in [9.17, 15) is 4.79 Å². The first kappa shape index (κ1) is 13.4. The maximum Gasteiger partial charge on any atom is 0.268 e. The number of pyridine rings is 1. The molecule has 0 atom stereocenters. The molecule has 2 rings (SSSR count). The summed E-state index contributed by atoms with van der Waals surface area (Å²) in [5, 5.41) is 9.80. The molecule has 5 nitrogen and oxygen atoms in total. The zero-order valence-corrected chi connectivity index (χ0v) is 11.2. The summed E-state index contributed by atoms with van der Waals surface area (Å²) in [5.74, 6) is 0.552. The zero-order chi connectivity index (χ0) is 13.7. The quantitative estimate of drug-likeness (QED) is 0.854. The Kier molecular flexibility index (Phi) is 4.41. The normalized spacial score (nSPS) is 10.9. The molecule has 2 N–H and O–H groups in total. The van der Waals surface area contributed by atoms with E-state index in [0.29, 0.717) is 23.7 Å². The molecule has 5 heteroatoms. The molecule has 0 fully saturated rings. The first-order chi connectivity index (χ1) is 9.16. The van der Waals surface area contributed by atoms with Crippen LogP contribution >= 0.6 is 0 Å². The second kappa shape index (κ2) is 6.24. The van der Waals surface area contributed by atoms with Crippen LogP contribution in [0.2, 0.25) is 0 Å². The smallest absolute Gasteiger partial charge is 0.268 e. The maximum absolute atomic E-state index is 11.7. The number of aromatic amines is 1. The second-order valence-electron chi connectivity index (χ2n) is 4.85. The van der Waals surface area contributed by atoms with E-state index in [1.165, 1.54) is 0 Å². The van der Waals surface area contributed by atoms with Gasteiger partial charge in [0.25, 0.3) is 5.56 Å². The van der Waals surface area contributed by atoms with E-state index in [-0.39, 0.29) is 5.56 Å². The Labute approximate surface area is 112 Å². The third kappa shape index (κ3) is 3.72. The van der Waals surface area contributed by atoms with Gasteiger partial charge in [0, 0.05) is 18.3 Å². The lowest BCUT2D eigenvalue weighted by molar-refractivity contribution is 0.550. The molecule has 0 amide bonds. The molecule has 0 spiro atoms. The lowest BCUT2D eigenvalue weighted by Crippen LogP contribution is -2.24. The Bertz CT molecular complexity index is 577. The monoisotopic (exact) mass is 258 g/mol. The number of nitrogens with zero attached hydrogens (tertiary/aromatic N) is 2. The molecule has 0 saturated carbocycles. The van der Waals surface area contributed by atoms with Crippen molar-refractivity contribution in [3.63, 3.8) is 0 Å². The van der Waals surface area contributed by atoms with E-state index < -0.39 is 0 Å². The molecular formula is C14H18N4O. The van der Waals surface area contributed by atoms with Crippen LogP contribution < -0.4 is 10.9 Å². The molecule has 0 saturated heterocycles. The van der Waals surface area contributed by atoms with E-state index in [4.69, 9.17) is 0 Å². The molecule has 19 heavy (non-hydrogen) atoms. The maximum atomic E-state index is 11.7. The molecule has 0 bridgehead atoms. The Morgan fingerprint density at radius 3 is 2.84 bits per heavy atom. The summed E-state index contributed by atoms with van der Waals surface area (Å²) in [5.41, 5.74) is 1.96. The van der Waals surface area contributed by atoms with Crippen molar-refractivity contribution in [1.82, 2.24) is 20.5 Å². The summed E-state index contributed by atoms with van der Waals surface area (Å²) < 4.78 is 0. The number of rotatable bonds is 5. The SMILES string of the molecule is CC(C)CNCc1cc(-c2ccccn2)n[nH]c1=O. The van der Waals surface area contributed by atoms with Crippen LogP contribution in [0.15, 0.2) is 35.3 Å². The van der Waals surface area contributed by atoms with Gasteiger partial charge < -0.3 is 5.32 Å². The fourth-order valence-electron chi connectivity index (χ4n) is 1.72. The summed E-state index contributed by atoms with van der Waals surface area (Å²) in [4.78, 5) is 15.9. The molecule has 0 aliphatic rings. The van der Waals surface area contributed by atoms with Gasteiger partial charge in [0.15, 0.2) is 0 Å². The minimum atomic E-state index is -0.157. The summed E-state index contributed by atoms with van der Waals surface area (Å²) in [6, 6.07) is 7.40. The van der Waals surface area contributed by atoms with Crippen LogP contribution in [0, 0.1) is 5.92 Å². The molecule has 0 unspecified atom stereocenters. The molecule has 0 aliphatic heterocycles. The number of aromatic nitrogens is 3. The fourth-order valence-corrected chi connectivity index (χ4v) is 1.72. The number of nitrogens with one attached hydrogen (secondary N) is 2. The summed E-state index contributed by atoms with van der Waals surface area (Å²) in [6.45, 7) is 5.67. The predicted molar refractivity (Wildman–Crippen MR) is 74.6 cm³/mol. The van der Waals surface area contributed by atoms with Crippen molar-refractivity contribution in [1.29, 1.82) is 0 Å².